The number of hydrogen-bond acceptors (Lipinski definition) is 7. The number of carbonyl (C=O) groups is 1. The van der Waals surface area contributed by atoms with E-state index in [1.165, 1.54) is 31.3 Å². The fraction of sp³-hybridized carbons (Fsp3) is 0.267. The largest absolute Gasteiger partial charge is 0.457 e. The number of nitrogens with zero attached hydrogens (tertiary/aromatic N) is 2. The number of hydrogen-bond donors (Lipinski definition) is 0. The van der Waals surface area contributed by atoms with Crippen LogP contribution in [0.15, 0.2) is 46.0 Å². The van der Waals surface area contributed by atoms with Gasteiger partial charge in [0, 0.05) is 19.2 Å². The zero-order valence-corrected chi connectivity index (χ0v) is 15.1. The third-order valence-corrected chi connectivity index (χ3v) is 6.55. The molecule has 0 aliphatic carbocycles. The summed E-state index contributed by atoms with van der Waals surface area (Å²) in [5.74, 6) is -0.748. The van der Waals surface area contributed by atoms with Crippen molar-refractivity contribution in [3.05, 3.63) is 57.5 Å². The molecule has 0 spiro atoms. The maximum absolute atomic E-state index is 12.3. The van der Waals surface area contributed by atoms with E-state index in [0.717, 1.165) is 15.6 Å². The fourth-order valence-electron chi connectivity index (χ4n) is 2.02. The summed E-state index contributed by atoms with van der Waals surface area (Å²) in [5, 5.41) is 12.4. The van der Waals surface area contributed by atoms with Crippen molar-refractivity contribution in [2.24, 2.45) is 0 Å². The molecule has 10 heteroatoms. The highest BCUT2D eigenvalue weighted by Gasteiger charge is 2.25. The van der Waals surface area contributed by atoms with Crippen LogP contribution in [0.5, 0.6) is 0 Å². The summed E-state index contributed by atoms with van der Waals surface area (Å²) in [6, 6.07) is 8.79. The molecule has 1 atom stereocenters. The first kappa shape index (κ1) is 19.0. The third kappa shape index (κ3) is 4.62. The number of benzene rings is 1. The number of ether oxygens (including phenoxy) is 1. The number of nitro benzene ring substituents is 1. The SMILES string of the molecule is C[C@H](OC(=O)CN(C)S(=O)(=O)c1cccs1)c1cccc([N+](=O)[O-])c1. The van der Waals surface area contributed by atoms with E-state index in [4.69, 9.17) is 4.74 Å². The van der Waals surface area contributed by atoms with Crippen molar-refractivity contribution in [3.8, 4) is 0 Å². The second kappa shape index (κ2) is 7.72. The number of carbonyl (C=O) groups excluding carboxylic acids is 1. The van der Waals surface area contributed by atoms with Crippen molar-refractivity contribution in [1.29, 1.82) is 0 Å². The smallest absolute Gasteiger partial charge is 0.321 e. The second-order valence-electron chi connectivity index (χ2n) is 5.18. The van der Waals surface area contributed by atoms with Gasteiger partial charge in [-0.1, -0.05) is 18.2 Å². The lowest BCUT2D eigenvalue weighted by molar-refractivity contribution is -0.385. The monoisotopic (exact) mass is 384 g/mol. The van der Waals surface area contributed by atoms with E-state index in [0.29, 0.717) is 5.56 Å². The molecular formula is C15H16N2O6S2. The zero-order chi connectivity index (χ0) is 18.6. The predicted octanol–water partition coefficient (Wildman–Crippen LogP) is 2.58. The molecule has 0 amide bonds. The van der Waals surface area contributed by atoms with Crippen LogP contribution in [-0.2, 0) is 19.6 Å². The Morgan fingerprint density at radius 2 is 2.08 bits per heavy atom. The van der Waals surface area contributed by atoms with Gasteiger partial charge in [-0.2, -0.15) is 4.31 Å². The van der Waals surface area contributed by atoms with Gasteiger partial charge in [-0.05, 0) is 23.9 Å². The lowest BCUT2D eigenvalue weighted by atomic mass is 10.1. The van der Waals surface area contributed by atoms with E-state index in [1.54, 1.807) is 24.4 Å². The minimum absolute atomic E-state index is 0.113. The third-order valence-electron chi connectivity index (χ3n) is 3.37. The summed E-state index contributed by atoms with van der Waals surface area (Å²) in [6.45, 7) is 1.10. The van der Waals surface area contributed by atoms with Crippen molar-refractivity contribution < 1.29 is 22.9 Å². The van der Waals surface area contributed by atoms with E-state index in [9.17, 15) is 23.3 Å². The molecule has 0 saturated carbocycles. The standard InChI is InChI=1S/C15H16N2O6S2/c1-11(12-5-3-6-13(9-12)17(19)20)23-14(18)10-16(2)25(21,22)15-7-4-8-24-15/h3-9,11H,10H2,1-2H3/t11-/m0/s1. The Balaban J connectivity index is 2.02. The minimum atomic E-state index is -3.75. The van der Waals surface area contributed by atoms with Crippen LogP contribution in [0.2, 0.25) is 0 Å². The minimum Gasteiger partial charge on any atom is -0.457 e. The van der Waals surface area contributed by atoms with Crippen LogP contribution in [0.3, 0.4) is 0 Å². The average molecular weight is 384 g/mol. The van der Waals surface area contributed by atoms with Gasteiger partial charge in [-0.15, -0.1) is 11.3 Å². The van der Waals surface area contributed by atoms with E-state index in [2.05, 4.69) is 0 Å². The molecule has 1 heterocycles. The zero-order valence-electron chi connectivity index (χ0n) is 13.5. The molecule has 0 saturated heterocycles. The van der Waals surface area contributed by atoms with Gasteiger partial charge >= 0.3 is 5.97 Å². The summed E-state index contributed by atoms with van der Waals surface area (Å²) < 4.78 is 30.7. The molecule has 0 radical (unpaired) electrons. The van der Waals surface area contributed by atoms with Gasteiger partial charge in [-0.25, -0.2) is 8.42 Å². The fourth-order valence-corrected chi connectivity index (χ4v) is 4.34. The number of thiophene rings is 1. The molecule has 1 aromatic heterocycles. The van der Waals surface area contributed by atoms with Crippen LogP contribution in [0.4, 0.5) is 5.69 Å². The Labute approximate surface area is 148 Å². The first-order valence-electron chi connectivity index (χ1n) is 7.15. The van der Waals surface area contributed by atoms with E-state index in [1.807, 2.05) is 0 Å². The Morgan fingerprint density at radius 3 is 2.68 bits per heavy atom. The number of non-ortho nitro benzene ring substituents is 1. The van der Waals surface area contributed by atoms with Crippen LogP contribution in [0, 0.1) is 10.1 Å². The van der Waals surface area contributed by atoms with Crippen molar-refractivity contribution in [1.82, 2.24) is 4.31 Å². The van der Waals surface area contributed by atoms with Crippen molar-refractivity contribution >= 4 is 33.0 Å². The number of rotatable bonds is 7. The van der Waals surface area contributed by atoms with Crippen LogP contribution in [0.1, 0.15) is 18.6 Å². The summed E-state index contributed by atoms with van der Waals surface area (Å²) >= 11 is 1.05. The van der Waals surface area contributed by atoms with Crippen LogP contribution >= 0.6 is 11.3 Å². The maximum atomic E-state index is 12.3. The van der Waals surface area contributed by atoms with Gasteiger partial charge in [0.25, 0.3) is 15.7 Å². The molecule has 0 unspecified atom stereocenters. The van der Waals surface area contributed by atoms with Crippen LogP contribution in [-0.4, -0.2) is 37.2 Å². The lowest BCUT2D eigenvalue weighted by Crippen LogP contribution is -2.33. The van der Waals surface area contributed by atoms with Crippen molar-refractivity contribution in [2.45, 2.75) is 17.2 Å². The van der Waals surface area contributed by atoms with Crippen molar-refractivity contribution in [2.75, 3.05) is 13.6 Å². The first-order valence-corrected chi connectivity index (χ1v) is 9.47. The average Bonchev–Trinajstić information content (AvgIpc) is 3.09. The molecule has 25 heavy (non-hydrogen) atoms. The van der Waals surface area contributed by atoms with Gasteiger partial charge in [-0.3, -0.25) is 14.9 Å². The molecule has 0 aliphatic rings. The molecule has 1 aromatic carbocycles. The molecular weight excluding hydrogens is 368 g/mol. The number of sulfonamides is 1. The van der Waals surface area contributed by atoms with E-state index in [-0.39, 0.29) is 9.90 Å². The van der Waals surface area contributed by atoms with Gasteiger partial charge in [0.1, 0.15) is 16.9 Å². The van der Waals surface area contributed by atoms with Gasteiger partial charge in [0.05, 0.1) is 4.92 Å². The topological polar surface area (TPSA) is 107 Å². The summed E-state index contributed by atoms with van der Waals surface area (Å²) in [6.07, 6.45) is -0.745. The molecule has 2 rings (SSSR count). The molecule has 2 aromatic rings. The number of likely N-dealkylation sites (N-methyl/N-ethyl adjacent to an activating group) is 1. The Hall–Kier alpha value is -2.30. The van der Waals surface area contributed by atoms with Gasteiger partial charge in [0.15, 0.2) is 0 Å². The molecule has 0 N–H and O–H groups in total. The summed E-state index contributed by atoms with van der Waals surface area (Å²) in [4.78, 5) is 22.3. The number of nitro groups is 1. The van der Waals surface area contributed by atoms with Crippen LogP contribution in [0.25, 0.3) is 0 Å². The summed E-state index contributed by atoms with van der Waals surface area (Å²) in [5.41, 5.74) is 0.337. The quantitative estimate of drug-likeness (QED) is 0.412. The van der Waals surface area contributed by atoms with E-state index < -0.39 is 33.6 Å². The number of esters is 1. The second-order valence-corrected chi connectivity index (χ2v) is 8.40. The van der Waals surface area contributed by atoms with Crippen LogP contribution < -0.4 is 0 Å². The van der Waals surface area contributed by atoms with E-state index >= 15 is 0 Å². The Bertz CT molecular complexity index is 864. The lowest BCUT2D eigenvalue weighted by Gasteiger charge is -2.18. The van der Waals surface area contributed by atoms with Gasteiger partial charge in [0.2, 0.25) is 0 Å². The summed E-state index contributed by atoms with van der Waals surface area (Å²) in [7, 11) is -2.46. The Kier molecular flexibility index (Phi) is 5.88. The van der Waals surface area contributed by atoms with Crippen molar-refractivity contribution in [3.63, 3.8) is 0 Å². The normalized spacial score (nSPS) is 12.8. The molecule has 0 aliphatic heterocycles. The highest BCUT2D eigenvalue weighted by atomic mass is 32.2. The first-order chi connectivity index (χ1) is 11.7. The highest BCUT2D eigenvalue weighted by molar-refractivity contribution is 7.91. The maximum Gasteiger partial charge on any atom is 0.321 e. The molecule has 134 valence electrons. The van der Waals surface area contributed by atoms with Gasteiger partial charge < -0.3 is 4.74 Å². The molecule has 8 nitrogen and oxygen atoms in total. The molecule has 0 fully saturated rings. The highest BCUT2D eigenvalue weighted by Crippen LogP contribution is 2.23. The predicted molar refractivity (Wildman–Crippen MR) is 91.7 cm³/mol. The Morgan fingerprint density at radius 1 is 1.36 bits per heavy atom. The molecule has 0 bridgehead atoms.